The summed E-state index contributed by atoms with van der Waals surface area (Å²) in [5.41, 5.74) is 0.904. The lowest BCUT2D eigenvalue weighted by atomic mass is 10.2. The van der Waals surface area contributed by atoms with Gasteiger partial charge in [-0.1, -0.05) is 20.8 Å². The van der Waals surface area contributed by atoms with Gasteiger partial charge in [-0.2, -0.15) is 18.3 Å². The molecule has 0 aliphatic heterocycles. The summed E-state index contributed by atoms with van der Waals surface area (Å²) < 4.78 is 49.7. The maximum Gasteiger partial charge on any atom is 0.435 e. The molecule has 202 valence electrons. The minimum Gasteiger partial charge on any atom is -0.417 e. The fourth-order valence-electron chi connectivity index (χ4n) is 4.72. The number of halogens is 3. The van der Waals surface area contributed by atoms with Crippen molar-refractivity contribution in [3.8, 4) is 0 Å². The lowest BCUT2D eigenvalue weighted by Gasteiger charge is -2.36. The highest BCUT2D eigenvalue weighted by Gasteiger charge is 2.45. The summed E-state index contributed by atoms with van der Waals surface area (Å²) >= 11 is 1.46. The van der Waals surface area contributed by atoms with Crippen LogP contribution >= 0.6 is 11.3 Å². The van der Waals surface area contributed by atoms with Crippen LogP contribution in [0.25, 0.3) is 4.96 Å². The maximum absolute atomic E-state index is 13.4. The Bertz CT molecular complexity index is 1400. The molecule has 0 saturated heterocycles. The number of nitrogens with zero attached hydrogens (tertiary/aromatic N) is 4. The van der Waals surface area contributed by atoms with Gasteiger partial charge < -0.3 is 4.43 Å². The summed E-state index contributed by atoms with van der Waals surface area (Å²) in [7, 11) is -1.85. The number of hydrogen-bond donors (Lipinski definition) is 0. The molecular weight excluding hydrogens is 517 g/mol. The number of alkyl halides is 3. The first-order valence-corrected chi connectivity index (χ1v) is 16.6. The van der Waals surface area contributed by atoms with Crippen molar-refractivity contribution in [3.63, 3.8) is 0 Å². The van der Waals surface area contributed by atoms with Crippen molar-refractivity contribution in [2.45, 2.75) is 96.1 Å². The quantitative estimate of drug-likeness (QED) is 0.300. The van der Waals surface area contributed by atoms with Crippen LogP contribution < -0.4 is 5.56 Å². The Labute approximate surface area is 220 Å². The Morgan fingerprint density at radius 2 is 1.89 bits per heavy atom. The van der Waals surface area contributed by atoms with Crippen LogP contribution in [-0.2, 0) is 10.6 Å². The second-order valence-corrected chi connectivity index (χ2v) is 18.2. The van der Waals surface area contributed by atoms with Gasteiger partial charge >= 0.3 is 6.18 Å². The van der Waals surface area contributed by atoms with Crippen LogP contribution in [0, 0.1) is 12.8 Å². The Hall–Kier alpha value is -1.98. The molecule has 0 radical (unpaired) electrons. The van der Waals surface area contributed by atoms with Gasteiger partial charge in [-0.15, -0.1) is 11.3 Å². The van der Waals surface area contributed by atoms with Crippen molar-refractivity contribution >= 4 is 24.6 Å². The molecule has 0 N–H and O–H groups in total. The van der Waals surface area contributed by atoms with E-state index in [1.54, 1.807) is 11.3 Å². The van der Waals surface area contributed by atoms with Crippen molar-refractivity contribution in [2.24, 2.45) is 5.92 Å². The predicted octanol–water partition coefficient (Wildman–Crippen LogP) is 6.89. The lowest BCUT2D eigenvalue weighted by molar-refractivity contribution is -0.141. The minimum absolute atomic E-state index is 0.0757. The molecule has 2 aliphatic carbocycles. The van der Waals surface area contributed by atoms with Crippen LogP contribution in [0.15, 0.2) is 16.9 Å². The average Bonchev–Trinajstić information content (AvgIpc) is 3.69. The molecule has 2 aliphatic rings. The zero-order valence-corrected chi connectivity index (χ0v) is 24.3. The zero-order valence-electron chi connectivity index (χ0n) is 22.4. The van der Waals surface area contributed by atoms with E-state index in [-0.39, 0.29) is 22.4 Å². The molecule has 3 aromatic heterocycles. The van der Waals surface area contributed by atoms with E-state index in [1.165, 1.54) is 22.1 Å². The fourth-order valence-corrected chi connectivity index (χ4v) is 6.84. The van der Waals surface area contributed by atoms with Crippen molar-refractivity contribution in [1.82, 2.24) is 19.2 Å². The van der Waals surface area contributed by atoms with Crippen LogP contribution in [-0.4, -0.2) is 34.1 Å². The fraction of sp³-hybridized carbons (Fsp3) is 0.654. The molecule has 3 unspecified atom stereocenters. The largest absolute Gasteiger partial charge is 0.435 e. The van der Waals surface area contributed by atoms with E-state index in [4.69, 9.17) is 9.41 Å². The predicted molar refractivity (Wildman–Crippen MR) is 141 cm³/mol. The van der Waals surface area contributed by atoms with E-state index in [2.05, 4.69) is 39.0 Å². The van der Waals surface area contributed by atoms with Gasteiger partial charge in [0.05, 0.1) is 11.7 Å². The monoisotopic (exact) mass is 552 g/mol. The van der Waals surface area contributed by atoms with Gasteiger partial charge in [0, 0.05) is 40.8 Å². The molecule has 2 saturated carbocycles. The van der Waals surface area contributed by atoms with Crippen LogP contribution in [0.1, 0.15) is 92.5 Å². The van der Waals surface area contributed by atoms with Crippen molar-refractivity contribution in [3.05, 3.63) is 50.1 Å². The topological polar surface area (TPSA) is 61.4 Å². The van der Waals surface area contributed by atoms with Gasteiger partial charge in [0.15, 0.2) is 19.0 Å². The maximum atomic E-state index is 13.4. The molecule has 3 atom stereocenters. The highest BCUT2D eigenvalue weighted by molar-refractivity contribution is 7.17. The standard InChI is InChI=1S/C26H35F3N4O2SSi/c1-14(33-20(16-8-9-16)12-21(31-33)26(27,28)29)19-11-22(34)32-23(15(2)36-24(32)30-19)18-10-17(18)13-35-37(6,7)25(3,4)5/h11-12,14,16-18H,8-10,13H2,1-7H3. The molecule has 3 heterocycles. The second kappa shape index (κ2) is 8.77. The second-order valence-electron chi connectivity index (χ2n) is 12.2. The highest BCUT2D eigenvalue weighted by atomic mass is 32.1. The Kier molecular flexibility index (Phi) is 6.31. The van der Waals surface area contributed by atoms with E-state index in [1.807, 2.05) is 6.92 Å². The normalized spacial score (nSPS) is 21.6. The summed E-state index contributed by atoms with van der Waals surface area (Å²) in [5, 5.41) is 4.04. The lowest BCUT2D eigenvalue weighted by Crippen LogP contribution is -2.41. The number of aromatic nitrogens is 4. The summed E-state index contributed by atoms with van der Waals surface area (Å²) in [6.45, 7) is 15.6. The van der Waals surface area contributed by atoms with E-state index >= 15 is 0 Å². The van der Waals surface area contributed by atoms with Gasteiger partial charge in [-0.05, 0) is 63.2 Å². The number of aryl methyl sites for hydroxylation is 1. The van der Waals surface area contributed by atoms with E-state index < -0.39 is 26.2 Å². The van der Waals surface area contributed by atoms with E-state index in [0.29, 0.717) is 28.9 Å². The summed E-state index contributed by atoms with van der Waals surface area (Å²) in [6, 6.07) is 2.02. The first-order chi connectivity index (χ1) is 17.1. The SMILES string of the molecule is Cc1sc2nc(C(C)n3nc(C(F)(F)F)cc3C3CC3)cc(=O)n2c1C1CC1CO[Si](C)(C)C(C)(C)C. The molecule has 11 heteroatoms. The van der Waals surface area contributed by atoms with Crippen molar-refractivity contribution < 1.29 is 17.6 Å². The van der Waals surface area contributed by atoms with Crippen molar-refractivity contribution in [1.29, 1.82) is 0 Å². The number of fused-ring (bicyclic) bond motifs is 1. The van der Waals surface area contributed by atoms with Gasteiger partial charge in [0.25, 0.3) is 5.56 Å². The smallest absolute Gasteiger partial charge is 0.417 e. The van der Waals surface area contributed by atoms with Gasteiger partial charge in [0.1, 0.15) is 0 Å². The number of rotatable bonds is 7. The summed E-state index contributed by atoms with van der Waals surface area (Å²) in [6.07, 6.45) is -1.84. The summed E-state index contributed by atoms with van der Waals surface area (Å²) in [4.78, 5) is 19.7. The average molecular weight is 553 g/mol. The van der Waals surface area contributed by atoms with Crippen molar-refractivity contribution in [2.75, 3.05) is 6.61 Å². The molecule has 5 rings (SSSR count). The van der Waals surface area contributed by atoms with Crippen LogP contribution in [0.2, 0.25) is 18.1 Å². The molecular formula is C26H35F3N4O2SSi. The minimum atomic E-state index is -4.51. The van der Waals surface area contributed by atoms with E-state index in [0.717, 1.165) is 35.9 Å². The third kappa shape index (κ3) is 4.94. The third-order valence-corrected chi connectivity index (χ3v) is 13.8. The summed E-state index contributed by atoms with van der Waals surface area (Å²) in [5.74, 6) is 0.706. The Morgan fingerprint density at radius 3 is 2.49 bits per heavy atom. The van der Waals surface area contributed by atoms with Gasteiger partial charge in [0.2, 0.25) is 0 Å². The first kappa shape index (κ1) is 26.6. The molecule has 37 heavy (non-hydrogen) atoms. The molecule has 0 spiro atoms. The molecule has 0 aromatic carbocycles. The van der Waals surface area contributed by atoms with Crippen LogP contribution in [0.3, 0.4) is 0 Å². The Morgan fingerprint density at radius 1 is 1.22 bits per heavy atom. The van der Waals surface area contributed by atoms with Crippen LogP contribution in [0.5, 0.6) is 0 Å². The first-order valence-electron chi connectivity index (χ1n) is 12.9. The zero-order chi connectivity index (χ0) is 27.1. The number of hydrogen-bond acceptors (Lipinski definition) is 5. The third-order valence-electron chi connectivity index (χ3n) is 8.34. The molecule has 3 aromatic rings. The van der Waals surface area contributed by atoms with Gasteiger partial charge in [-0.25, -0.2) is 4.98 Å². The van der Waals surface area contributed by atoms with Crippen LogP contribution in [0.4, 0.5) is 13.2 Å². The molecule has 0 amide bonds. The molecule has 0 bridgehead atoms. The van der Waals surface area contributed by atoms with E-state index in [9.17, 15) is 18.0 Å². The molecule has 6 nitrogen and oxygen atoms in total. The Balaban J connectivity index is 1.42. The highest BCUT2D eigenvalue weighted by Crippen LogP contribution is 2.51. The van der Waals surface area contributed by atoms with Gasteiger partial charge in [-0.3, -0.25) is 13.9 Å². The molecule has 2 fully saturated rings. The number of thiazole rings is 1.